The Morgan fingerprint density at radius 3 is 2.17 bits per heavy atom. The second kappa shape index (κ2) is 13.1. The van der Waals surface area contributed by atoms with Gasteiger partial charge in [0, 0.05) is 43.1 Å². The molecule has 36 heavy (non-hydrogen) atoms. The Hall–Kier alpha value is -1.78. The monoisotopic (exact) mass is 537 g/mol. The number of hydrogen-bond acceptors (Lipinski definition) is 6. The van der Waals surface area contributed by atoms with Crippen LogP contribution in [0, 0.1) is 5.41 Å². The molecule has 0 saturated heterocycles. The van der Waals surface area contributed by atoms with Gasteiger partial charge < -0.3 is 9.90 Å². The summed E-state index contributed by atoms with van der Waals surface area (Å²) in [6.45, 7) is 7.38. The van der Waals surface area contributed by atoms with E-state index in [0.717, 1.165) is 11.1 Å². The van der Waals surface area contributed by atoms with Crippen molar-refractivity contribution in [3.63, 3.8) is 0 Å². The number of carbonyl (C=O) groups excluding carboxylic acids is 1. The number of carboxylic acid groups (broad SMARTS) is 1. The summed E-state index contributed by atoms with van der Waals surface area (Å²) in [6, 6.07) is 16.0. The normalized spacial score (nSPS) is 12.7. The average Bonchev–Trinajstić information content (AvgIpc) is 2.79. The molecule has 2 aromatic carbocycles. The van der Waals surface area contributed by atoms with Gasteiger partial charge in [0.25, 0.3) is 0 Å². The van der Waals surface area contributed by atoms with Crippen LogP contribution in [0.4, 0.5) is 0 Å². The Morgan fingerprint density at radius 1 is 1.03 bits per heavy atom. The first kappa shape index (κ1) is 30.4. The summed E-state index contributed by atoms with van der Waals surface area (Å²) < 4.78 is 29.2. The van der Waals surface area contributed by atoms with Crippen molar-refractivity contribution in [3.8, 4) is 0 Å². The molecule has 0 amide bonds. The van der Waals surface area contributed by atoms with E-state index in [4.69, 9.17) is 11.6 Å². The summed E-state index contributed by atoms with van der Waals surface area (Å²) in [5.41, 5.74) is 1.58. The average molecular weight is 538 g/mol. The van der Waals surface area contributed by atoms with Gasteiger partial charge in [-0.25, -0.2) is 13.1 Å². The molecule has 0 radical (unpaired) electrons. The van der Waals surface area contributed by atoms with Gasteiger partial charge in [-0.05, 0) is 52.4 Å². The quantitative estimate of drug-likeness (QED) is 0.378. The number of carboxylic acids is 1. The summed E-state index contributed by atoms with van der Waals surface area (Å²) in [5.74, 6) is -1.23. The summed E-state index contributed by atoms with van der Waals surface area (Å²) in [4.78, 5) is 17.6. The largest absolute Gasteiger partial charge is 1.00 e. The molecule has 0 spiro atoms. The summed E-state index contributed by atoms with van der Waals surface area (Å²) >= 11 is 5.93. The van der Waals surface area contributed by atoms with E-state index in [0.29, 0.717) is 24.7 Å². The third kappa shape index (κ3) is 8.95. The molecule has 1 N–H and O–H groups in total. The molecule has 0 aliphatic carbocycles. The topological polar surface area (TPSA) is 102 Å². The molecule has 7 nitrogen and oxygen atoms in total. The molecule has 0 bridgehead atoms. The van der Waals surface area contributed by atoms with Crippen molar-refractivity contribution in [1.29, 1.82) is 0 Å². The zero-order valence-electron chi connectivity index (χ0n) is 20.9. The first-order valence-electron chi connectivity index (χ1n) is 11.1. The maximum atomic E-state index is 13.2. The van der Waals surface area contributed by atoms with Crippen LogP contribution < -0.4 is 39.4 Å². The standard InChI is InChI=1S/C26H30ClN3O4S.Na/c1-26(2,3)24(29-35(33,34)23-12-10-22(27)11-13-23)18-30(17-20-5-4-14-28-15-20)16-19-6-8-21(9-7-19)25(31)32;/h4-15,24,29H,16-18H2,1-3H3,(H,31,32);/q;+1/p-1/t24-;/m1./s1. The summed E-state index contributed by atoms with van der Waals surface area (Å²) in [7, 11) is -3.79. The van der Waals surface area contributed by atoms with Crippen LogP contribution in [0.5, 0.6) is 0 Å². The van der Waals surface area contributed by atoms with Crippen LogP contribution in [0.1, 0.15) is 42.3 Å². The molecule has 186 valence electrons. The fourth-order valence-electron chi connectivity index (χ4n) is 3.55. The molecular formula is C26H29ClN3NaO4S. The van der Waals surface area contributed by atoms with Crippen LogP contribution >= 0.6 is 11.6 Å². The first-order valence-corrected chi connectivity index (χ1v) is 13.0. The van der Waals surface area contributed by atoms with Crippen molar-refractivity contribution < 1.29 is 47.9 Å². The Kier molecular flexibility index (Phi) is 11.1. The molecule has 10 heteroatoms. The third-order valence-electron chi connectivity index (χ3n) is 5.63. The van der Waals surface area contributed by atoms with Gasteiger partial charge in [-0.1, -0.05) is 62.7 Å². The number of benzene rings is 2. The number of aromatic nitrogens is 1. The van der Waals surface area contributed by atoms with Crippen LogP contribution in [-0.4, -0.2) is 36.9 Å². The van der Waals surface area contributed by atoms with Gasteiger partial charge in [-0.15, -0.1) is 0 Å². The van der Waals surface area contributed by atoms with Crippen molar-refractivity contribution in [2.45, 2.75) is 44.8 Å². The van der Waals surface area contributed by atoms with Gasteiger partial charge in [-0.2, -0.15) is 0 Å². The molecule has 0 aliphatic heterocycles. The van der Waals surface area contributed by atoms with E-state index in [1.807, 2.05) is 32.9 Å². The number of sulfonamides is 1. The smallest absolute Gasteiger partial charge is 0.545 e. The molecule has 3 aromatic rings. The van der Waals surface area contributed by atoms with E-state index < -0.39 is 27.4 Å². The van der Waals surface area contributed by atoms with Gasteiger partial charge in [-0.3, -0.25) is 9.88 Å². The fraction of sp³-hybridized carbons (Fsp3) is 0.308. The number of aromatic carboxylic acids is 1. The molecule has 0 saturated carbocycles. The molecule has 0 unspecified atom stereocenters. The molecule has 1 aromatic heterocycles. The predicted octanol–water partition coefficient (Wildman–Crippen LogP) is 0.498. The van der Waals surface area contributed by atoms with Crippen molar-refractivity contribution in [2.24, 2.45) is 5.41 Å². The minimum absolute atomic E-state index is 0. The van der Waals surface area contributed by atoms with Crippen molar-refractivity contribution in [3.05, 3.63) is 94.8 Å². The molecule has 0 aliphatic rings. The predicted molar refractivity (Wildman–Crippen MR) is 134 cm³/mol. The number of hydrogen-bond donors (Lipinski definition) is 1. The van der Waals surface area contributed by atoms with Crippen molar-refractivity contribution >= 4 is 27.6 Å². The van der Waals surface area contributed by atoms with E-state index in [2.05, 4.69) is 14.6 Å². The maximum absolute atomic E-state index is 13.2. The van der Waals surface area contributed by atoms with E-state index >= 15 is 0 Å². The second-order valence-electron chi connectivity index (χ2n) is 9.51. The van der Waals surface area contributed by atoms with Gasteiger partial charge in [0.1, 0.15) is 0 Å². The van der Waals surface area contributed by atoms with Crippen molar-refractivity contribution in [2.75, 3.05) is 6.54 Å². The van der Waals surface area contributed by atoms with Gasteiger partial charge in [0.05, 0.1) is 10.9 Å². The zero-order valence-corrected chi connectivity index (χ0v) is 24.5. The van der Waals surface area contributed by atoms with Crippen LogP contribution in [-0.2, 0) is 23.1 Å². The van der Waals surface area contributed by atoms with Crippen LogP contribution in [0.3, 0.4) is 0 Å². The minimum Gasteiger partial charge on any atom is -0.545 e. The van der Waals surface area contributed by atoms with Crippen LogP contribution in [0.2, 0.25) is 5.02 Å². The first-order chi connectivity index (χ1) is 16.4. The number of carbonyl (C=O) groups is 1. The Balaban J connectivity index is 0.00000456. The molecule has 1 heterocycles. The number of halogens is 1. The molecule has 0 fully saturated rings. The SMILES string of the molecule is CC(C)(C)[C@@H](CN(Cc1ccc(C(=O)[O-])cc1)Cc1cccnc1)NS(=O)(=O)c1ccc(Cl)cc1.[Na+]. The Labute approximate surface area is 240 Å². The minimum atomic E-state index is -3.79. The number of nitrogens with zero attached hydrogens (tertiary/aromatic N) is 2. The fourth-order valence-corrected chi connectivity index (χ4v) is 5.11. The second-order valence-corrected chi connectivity index (χ2v) is 11.7. The van der Waals surface area contributed by atoms with Crippen LogP contribution in [0.15, 0.2) is 78.0 Å². The van der Waals surface area contributed by atoms with E-state index in [-0.39, 0.29) is 40.0 Å². The van der Waals surface area contributed by atoms with Gasteiger partial charge >= 0.3 is 29.6 Å². The summed E-state index contributed by atoms with van der Waals surface area (Å²) in [5, 5.41) is 11.6. The van der Waals surface area contributed by atoms with E-state index in [9.17, 15) is 18.3 Å². The van der Waals surface area contributed by atoms with Crippen molar-refractivity contribution in [1.82, 2.24) is 14.6 Å². The van der Waals surface area contributed by atoms with E-state index in [1.54, 1.807) is 36.7 Å². The Morgan fingerprint density at radius 2 is 1.64 bits per heavy atom. The molecule has 1 atom stereocenters. The number of pyridine rings is 1. The Bertz CT molecular complexity index is 1230. The number of nitrogens with one attached hydrogen (secondary N) is 1. The van der Waals surface area contributed by atoms with E-state index in [1.165, 1.54) is 24.3 Å². The number of rotatable bonds is 10. The maximum Gasteiger partial charge on any atom is 1.00 e. The van der Waals surface area contributed by atoms with Gasteiger partial charge in [0.15, 0.2) is 0 Å². The van der Waals surface area contributed by atoms with Crippen LogP contribution in [0.25, 0.3) is 0 Å². The molecular weight excluding hydrogens is 509 g/mol. The molecule has 3 rings (SSSR count). The summed E-state index contributed by atoms with van der Waals surface area (Å²) in [6.07, 6.45) is 3.47. The zero-order chi connectivity index (χ0) is 25.6. The van der Waals surface area contributed by atoms with Gasteiger partial charge in [0.2, 0.25) is 10.0 Å². The third-order valence-corrected chi connectivity index (χ3v) is 7.37.